The summed E-state index contributed by atoms with van der Waals surface area (Å²) in [5.74, 6) is -1.06. The van der Waals surface area contributed by atoms with E-state index in [1.165, 1.54) is 12.4 Å². The molecule has 4 nitrogen and oxygen atoms in total. The van der Waals surface area contributed by atoms with E-state index in [2.05, 4.69) is 9.97 Å². The Morgan fingerprint density at radius 3 is 2.67 bits per heavy atom. The third-order valence-electron chi connectivity index (χ3n) is 0.701. The van der Waals surface area contributed by atoms with E-state index >= 15 is 0 Å². The van der Waals surface area contributed by atoms with Gasteiger partial charge in [-0.25, -0.2) is 9.78 Å². The molecule has 1 aromatic heterocycles. The van der Waals surface area contributed by atoms with Crippen molar-refractivity contribution < 1.29 is 26.7 Å². The molecule has 1 rings (SSSR count). The van der Waals surface area contributed by atoms with E-state index in [9.17, 15) is 4.79 Å². The molecular weight excluding hydrogens is 167 g/mol. The molecule has 0 atom stereocenters. The van der Waals surface area contributed by atoms with Gasteiger partial charge in [0.15, 0.2) is 0 Å². The Hall–Kier alpha value is -0.814. The number of hydrogen-bond donors (Lipinski definition) is 2. The van der Waals surface area contributed by atoms with Gasteiger partial charge in [0, 0.05) is 29.2 Å². The number of aromatic nitrogens is 2. The molecule has 0 unspecified atom stereocenters. The van der Waals surface area contributed by atoms with Crippen LogP contribution >= 0.6 is 0 Å². The second-order valence-corrected chi connectivity index (χ2v) is 1.24. The number of carboxylic acids is 1. The molecule has 1 heterocycles. The van der Waals surface area contributed by atoms with Gasteiger partial charge in [-0.1, -0.05) is 0 Å². The standard InChI is InChI=1S/C4H4N2O2.Co/c7-4(8)3-5-1-2-6-3;/h1-2H,(H,5,6)(H,7,8);. The van der Waals surface area contributed by atoms with Crippen molar-refractivity contribution >= 4 is 5.97 Å². The summed E-state index contributed by atoms with van der Waals surface area (Å²) in [4.78, 5) is 15.9. The zero-order valence-electron chi connectivity index (χ0n) is 4.29. The molecule has 0 aliphatic rings. The summed E-state index contributed by atoms with van der Waals surface area (Å²) < 4.78 is 0. The van der Waals surface area contributed by atoms with Crippen LogP contribution < -0.4 is 0 Å². The van der Waals surface area contributed by atoms with Crippen LogP contribution in [0.2, 0.25) is 0 Å². The fraction of sp³-hybridized carbons (Fsp3) is 0. The summed E-state index contributed by atoms with van der Waals surface area (Å²) in [6.45, 7) is 0. The smallest absolute Gasteiger partial charge is 0.371 e. The molecule has 0 aliphatic carbocycles. The summed E-state index contributed by atoms with van der Waals surface area (Å²) in [5, 5.41) is 8.18. The molecule has 0 saturated carbocycles. The van der Waals surface area contributed by atoms with Crippen LogP contribution in [-0.2, 0) is 16.8 Å². The van der Waals surface area contributed by atoms with Crippen molar-refractivity contribution in [3.8, 4) is 0 Å². The molecule has 5 heteroatoms. The van der Waals surface area contributed by atoms with Gasteiger partial charge in [0.1, 0.15) is 0 Å². The number of hydrogen-bond acceptors (Lipinski definition) is 2. The molecule has 1 radical (unpaired) electrons. The van der Waals surface area contributed by atoms with Crippen LogP contribution in [0.15, 0.2) is 12.4 Å². The largest absolute Gasteiger partial charge is 0.475 e. The molecule has 0 aromatic carbocycles. The number of rotatable bonds is 1. The van der Waals surface area contributed by atoms with E-state index in [0.29, 0.717) is 0 Å². The van der Waals surface area contributed by atoms with E-state index in [-0.39, 0.29) is 22.6 Å². The Balaban J connectivity index is 0.000000640. The minimum atomic E-state index is -1.03. The fourth-order valence-corrected chi connectivity index (χ4v) is 0.382. The van der Waals surface area contributed by atoms with Crippen LogP contribution in [0.3, 0.4) is 0 Å². The zero-order valence-corrected chi connectivity index (χ0v) is 5.33. The van der Waals surface area contributed by atoms with Crippen LogP contribution in [0.5, 0.6) is 0 Å². The van der Waals surface area contributed by atoms with Gasteiger partial charge in [0.25, 0.3) is 0 Å². The topological polar surface area (TPSA) is 66.0 Å². The first-order valence-corrected chi connectivity index (χ1v) is 2.03. The van der Waals surface area contributed by atoms with Gasteiger partial charge in [-0.2, -0.15) is 0 Å². The third kappa shape index (κ3) is 1.86. The molecule has 2 N–H and O–H groups in total. The van der Waals surface area contributed by atoms with E-state index in [1.807, 2.05) is 0 Å². The first-order valence-electron chi connectivity index (χ1n) is 2.03. The van der Waals surface area contributed by atoms with Crippen LogP contribution in [0.4, 0.5) is 0 Å². The third-order valence-corrected chi connectivity index (χ3v) is 0.701. The van der Waals surface area contributed by atoms with Gasteiger partial charge in [-0.05, 0) is 0 Å². The molecule has 0 saturated heterocycles. The number of aromatic carboxylic acids is 1. The fourth-order valence-electron chi connectivity index (χ4n) is 0.382. The number of aromatic amines is 1. The van der Waals surface area contributed by atoms with Gasteiger partial charge < -0.3 is 10.1 Å². The second kappa shape index (κ2) is 3.26. The Labute approximate surface area is 61.5 Å². The number of nitrogens with one attached hydrogen (secondary N) is 1. The Kier molecular flexibility index (Phi) is 2.96. The second-order valence-electron chi connectivity index (χ2n) is 1.24. The van der Waals surface area contributed by atoms with Crippen molar-refractivity contribution in [2.75, 3.05) is 0 Å². The Morgan fingerprint density at radius 1 is 1.78 bits per heavy atom. The summed E-state index contributed by atoms with van der Waals surface area (Å²) in [6.07, 6.45) is 2.85. The first kappa shape index (κ1) is 8.19. The Morgan fingerprint density at radius 2 is 2.44 bits per heavy atom. The maximum absolute atomic E-state index is 9.97. The number of nitrogens with zero attached hydrogens (tertiary/aromatic N) is 1. The van der Waals surface area contributed by atoms with Gasteiger partial charge in [-0.3, -0.25) is 0 Å². The zero-order chi connectivity index (χ0) is 5.98. The minimum Gasteiger partial charge on any atom is -0.475 e. The van der Waals surface area contributed by atoms with Crippen molar-refractivity contribution in [2.45, 2.75) is 0 Å². The SMILES string of the molecule is O=C(O)c1ncc[nH]1.[Co]. The maximum atomic E-state index is 9.97. The average Bonchev–Trinajstić information content (AvgIpc) is 2.12. The molecule has 1 aromatic rings. The molecule has 51 valence electrons. The van der Waals surface area contributed by atoms with Crippen molar-refractivity contribution in [1.82, 2.24) is 9.97 Å². The van der Waals surface area contributed by atoms with Crippen molar-refractivity contribution in [1.29, 1.82) is 0 Å². The van der Waals surface area contributed by atoms with E-state index in [1.54, 1.807) is 0 Å². The Bertz CT molecular complexity index is 184. The minimum absolute atomic E-state index is 0. The average molecular weight is 171 g/mol. The molecule has 0 bridgehead atoms. The van der Waals surface area contributed by atoms with Gasteiger partial charge in [0.2, 0.25) is 5.82 Å². The van der Waals surface area contributed by atoms with Crippen molar-refractivity contribution in [3.05, 3.63) is 18.2 Å². The van der Waals surface area contributed by atoms with Crippen LogP contribution in [-0.4, -0.2) is 21.0 Å². The molecule has 0 aliphatic heterocycles. The predicted octanol–water partition coefficient (Wildman–Crippen LogP) is 0.105. The van der Waals surface area contributed by atoms with Crippen LogP contribution in [0.1, 0.15) is 10.6 Å². The van der Waals surface area contributed by atoms with E-state index < -0.39 is 5.97 Å². The molecular formula is C4H4CoN2O2. The molecule has 0 spiro atoms. The van der Waals surface area contributed by atoms with Crippen LogP contribution in [0.25, 0.3) is 0 Å². The summed E-state index contributed by atoms with van der Waals surface area (Å²) in [6, 6.07) is 0. The molecule has 0 fully saturated rings. The maximum Gasteiger partial charge on any atom is 0.371 e. The van der Waals surface area contributed by atoms with Crippen molar-refractivity contribution in [2.24, 2.45) is 0 Å². The number of imidazole rings is 1. The van der Waals surface area contributed by atoms with E-state index in [4.69, 9.17) is 5.11 Å². The normalized spacial score (nSPS) is 8.00. The van der Waals surface area contributed by atoms with E-state index in [0.717, 1.165) is 0 Å². The summed E-state index contributed by atoms with van der Waals surface area (Å²) >= 11 is 0. The van der Waals surface area contributed by atoms with Gasteiger partial charge in [-0.15, -0.1) is 0 Å². The number of H-pyrrole nitrogens is 1. The molecule has 9 heavy (non-hydrogen) atoms. The summed E-state index contributed by atoms with van der Waals surface area (Å²) in [5.41, 5.74) is 0. The number of carboxylic acid groups (broad SMARTS) is 1. The first-order chi connectivity index (χ1) is 3.80. The van der Waals surface area contributed by atoms with Gasteiger partial charge in [0.05, 0.1) is 0 Å². The predicted molar refractivity (Wildman–Crippen MR) is 25.5 cm³/mol. The number of carbonyl (C=O) groups is 1. The summed E-state index contributed by atoms with van der Waals surface area (Å²) in [7, 11) is 0. The van der Waals surface area contributed by atoms with Crippen molar-refractivity contribution in [3.63, 3.8) is 0 Å². The monoisotopic (exact) mass is 171 g/mol. The van der Waals surface area contributed by atoms with Crippen LogP contribution in [0, 0.1) is 0 Å². The van der Waals surface area contributed by atoms with Gasteiger partial charge >= 0.3 is 5.97 Å². The molecule has 0 amide bonds. The quantitative estimate of drug-likeness (QED) is 0.629.